The molecule has 10 heteroatoms. The van der Waals surface area contributed by atoms with Crippen LogP contribution >= 0.6 is 0 Å². The molecule has 1 radical (unpaired) electrons. The van der Waals surface area contributed by atoms with Crippen LogP contribution in [0.3, 0.4) is 0 Å². The van der Waals surface area contributed by atoms with E-state index < -0.39 is 6.04 Å². The molecule has 10 nitrogen and oxygen atoms in total. The molecule has 3 aliphatic heterocycles. The zero-order valence-electron chi connectivity index (χ0n) is 29.0. The molecule has 2 aromatic carbocycles. The highest BCUT2D eigenvalue weighted by atomic mass is 16.2. The van der Waals surface area contributed by atoms with Crippen LogP contribution in [0, 0.1) is 11.8 Å². The van der Waals surface area contributed by atoms with Crippen molar-refractivity contribution >= 4 is 33.9 Å². The van der Waals surface area contributed by atoms with E-state index in [9.17, 15) is 14.4 Å². The number of nitrogens with zero attached hydrogens (tertiary/aromatic N) is 4. The largest absolute Gasteiger partial charge is 0.383 e. The van der Waals surface area contributed by atoms with Gasteiger partial charge in [0, 0.05) is 43.8 Å². The first-order valence-corrected chi connectivity index (χ1v) is 18.6. The first-order valence-electron chi connectivity index (χ1n) is 18.6. The second kappa shape index (κ2) is 14.8. The molecule has 5 heterocycles. The smallest absolute Gasteiger partial charge is 0.325 e. The lowest BCUT2D eigenvalue weighted by molar-refractivity contribution is -0.128. The second-order valence-corrected chi connectivity index (χ2v) is 14.3. The molecule has 3 fully saturated rings. The number of likely N-dealkylation sites (tertiary alicyclic amines) is 2. The van der Waals surface area contributed by atoms with Gasteiger partial charge < -0.3 is 20.5 Å². The maximum absolute atomic E-state index is 14.2. The third-order valence-corrected chi connectivity index (χ3v) is 11.6. The fraction of sp³-hybridized carbons (Fsp3) is 0.538. The number of hydrogen-bond acceptors (Lipinski definition) is 5. The number of rotatable bonds is 8. The number of aryl methyl sites for hydroxylation is 2. The van der Waals surface area contributed by atoms with Crippen molar-refractivity contribution in [2.45, 2.75) is 83.7 Å². The zero-order valence-corrected chi connectivity index (χ0v) is 29.0. The van der Waals surface area contributed by atoms with Crippen LogP contribution in [-0.2, 0) is 24.1 Å². The number of amides is 3. The summed E-state index contributed by atoms with van der Waals surface area (Å²) in [6, 6.07) is 13.5. The summed E-state index contributed by atoms with van der Waals surface area (Å²) in [7, 11) is 0. The Morgan fingerprint density at radius 1 is 0.939 bits per heavy atom. The maximum atomic E-state index is 14.2. The SMILES string of the molecule is CCc1ccc(C[C@@H](NC(=O)N2CCC(n3c(=O)[nH]c4c5ccccc5ncc43)CC2)C(=O)[N+]2CCC(C3CCNCC3)CC2)cc1CC. The monoisotopic (exact) mass is 665 g/mol. The van der Waals surface area contributed by atoms with Crippen LogP contribution in [0.25, 0.3) is 21.9 Å². The average molecular weight is 666 g/mol. The van der Waals surface area contributed by atoms with Gasteiger partial charge in [-0.2, -0.15) is 0 Å². The molecule has 49 heavy (non-hydrogen) atoms. The van der Waals surface area contributed by atoms with E-state index in [1.54, 1.807) is 6.20 Å². The Labute approximate surface area is 288 Å². The summed E-state index contributed by atoms with van der Waals surface area (Å²) in [4.78, 5) is 52.7. The number of aromatic nitrogens is 3. The lowest BCUT2D eigenvalue weighted by atomic mass is 9.79. The molecule has 3 saturated heterocycles. The van der Waals surface area contributed by atoms with Crippen molar-refractivity contribution in [1.29, 1.82) is 0 Å². The quantitative estimate of drug-likeness (QED) is 0.228. The molecule has 259 valence electrons. The van der Waals surface area contributed by atoms with Crippen LogP contribution in [0.4, 0.5) is 4.79 Å². The summed E-state index contributed by atoms with van der Waals surface area (Å²) in [6.07, 6.45) is 9.98. The summed E-state index contributed by atoms with van der Waals surface area (Å²) in [5.41, 5.74) is 6.01. The van der Waals surface area contributed by atoms with Crippen molar-refractivity contribution in [2.75, 3.05) is 39.3 Å². The molecule has 0 spiro atoms. The molecule has 0 aliphatic carbocycles. The molecule has 3 aliphatic rings. The summed E-state index contributed by atoms with van der Waals surface area (Å²) in [6.45, 7) is 9.05. The first-order chi connectivity index (χ1) is 23.9. The van der Waals surface area contributed by atoms with Crippen LogP contribution in [0.1, 0.15) is 75.1 Å². The fourth-order valence-corrected chi connectivity index (χ4v) is 8.69. The normalized spacial score (nSPS) is 19.4. The number of benzene rings is 2. The molecule has 0 bridgehead atoms. The highest BCUT2D eigenvalue weighted by Gasteiger charge is 2.41. The third kappa shape index (κ3) is 7.03. The number of hydrogen-bond donors (Lipinski definition) is 3. The molecule has 3 N–H and O–H groups in total. The van der Waals surface area contributed by atoms with E-state index in [0.717, 1.165) is 85.3 Å². The minimum Gasteiger partial charge on any atom is -0.325 e. The van der Waals surface area contributed by atoms with Gasteiger partial charge in [0.05, 0.1) is 22.7 Å². The predicted molar refractivity (Wildman–Crippen MR) is 194 cm³/mol. The molecule has 1 atom stereocenters. The lowest BCUT2D eigenvalue weighted by Crippen LogP contribution is -2.57. The highest BCUT2D eigenvalue weighted by molar-refractivity contribution is 6.01. The summed E-state index contributed by atoms with van der Waals surface area (Å²) >= 11 is 0. The van der Waals surface area contributed by atoms with Crippen molar-refractivity contribution in [3.8, 4) is 0 Å². The Morgan fingerprint density at radius 2 is 1.65 bits per heavy atom. The van der Waals surface area contributed by atoms with E-state index in [4.69, 9.17) is 0 Å². The van der Waals surface area contributed by atoms with Gasteiger partial charge >= 0.3 is 17.6 Å². The van der Waals surface area contributed by atoms with Gasteiger partial charge in [-0.25, -0.2) is 14.4 Å². The lowest BCUT2D eigenvalue weighted by Gasteiger charge is -2.34. The minimum atomic E-state index is -0.631. The molecule has 7 rings (SSSR count). The van der Waals surface area contributed by atoms with E-state index in [0.29, 0.717) is 38.3 Å². The van der Waals surface area contributed by atoms with Gasteiger partial charge in [0.2, 0.25) is 0 Å². The average Bonchev–Trinajstić information content (AvgIpc) is 3.50. The number of urea groups is 1. The topological polar surface area (TPSA) is 118 Å². The molecule has 0 unspecified atom stereocenters. The number of carbonyl (C=O) groups excluding carboxylic acids is 2. The van der Waals surface area contributed by atoms with Crippen molar-refractivity contribution < 1.29 is 9.59 Å². The number of pyridine rings is 1. The van der Waals surface area contributed by atoms with Gasteiger partial charge in [-0.3, -0.25) is 9.55 Å². The van der Waals surface area contributed by atoms with Crippen molar-refractivity contribution in [2.24, 2.45) is 11.8 Å². The molecule has 2 aromatic heterocycles. The van der Waals surface area contributed by atoms with Gasteiger partial charge in [0.1, 0.15) is 13.1 Å². The summed E-state index contributed by atoms with van der Waals surface area (Å²) < 4.78 is 1.81. The Hall–Kier alpha value is -4.02. The second-order valence-electron chi connectivity index (χ2n) is 14.3. The Bertz CT molecular complexity index is 1840. The van der Waals surface area contributed by atoms with Crippen LogP contribution in [0.2, 0.25) is 0 Å². The molecular formula is C39H51N7O3+. The third-order valence-electron chi connectivity index (χ3n) is 11.6. The number of piperidine rings is 3. The van der Waals surface area contributed by atoms with Crippen molar-refractivity contribution in [3.05, 3.63) is 75.8 Å². The van der Waals surface area contributed by atoms with Gasteiger partial charge in [-0.1, -0.05) is 50.2 Å². The van der Waals surface area contributed by atoms with Crippen molar-refractivity contribution in [3.63, 3.8) is 0 Å². The fourth-order valence-electron chi connectivity index (χ4n) is 8.69. The number of H-pyrrole nitrogens is 1. The van der Waals surface area contributed by atoms with E-state index >= 15 is 0 Å². The number of fused-ring (bicyclic) bond motifs is 3. The van der Waals surface area contributed by atoms with Gasteiger partial charge in [0.25, 0.3) is 0 Å². The van der Waals surface area contributed by atoms with Crippen LogP contribution in [-0.4, -0.2) is 76.7 Å². The molecule has 4 aromatic rings. The number of aromatic amines is 1. The Balaban J connectivity index is 1.04. The van der Waals surface area contributed by atoms with E-state index in [2.05, 4.69) is 52.6 Å². The maximum Gasteiger partial charge on any atom is 0.383 e. The highest BCUT2D eigenvalue weighted by Crippen LogP contribution is 2.31. The van der Waals surface area contributed by atoms with E-state index in [-0.39, 0.29) is 23.7 Å². The van der Waals surface area contributed by atoms with Gasteiger partial charge in [-0.15, -0.1) is 4.90 Å². The Kier molecular flexibility index (Phi) is 10.1. The molecule has 0 saturated carbocycles. The number of carbonyl (C=O) groups is 2. The van der Waals surface area contributed by atoms with Crippen LogP contribution < -0.4 is 21.2 Å². The standard InChI is InChI=1S/C39H51N7O3/c1-3-27-10-9-26(23-28(27)4-2)24-34(37(47)44-19-13-30(14-20-44)29-11-17-40-18-12-29)42-38(48)45-21-15-31(16-22-45)46-35-25-41-33-8-6-5-7-32(33)36(35)43-39(46)49/h5-10,23,25,29-31,34,40H,3-4,11-22,24H2,1-2H3,(H,42,48)(H,43,49)/q+1/t34-/m1/s1. The van der Waals surface area contributed by atoms with E-state index in [1.807, 2.05) is 38.6 Å². The number of nitrogens with one attached hydrogen (secondary N) is 3. The Morgan fingerprint density at radius 3 is 2.39 bits per heavy atom. The van der Waals surface area contributed by atoms with E-state index in [1.165, 1.54) is 24.0 Å². The summed E-state index contributed by atoms with van der Waals surface area (Å²) in [5.74, 6) is 1.44. The predicted octanol–water partition coefficient (Wildman–Crippen LogP) is 5.04. The van der Waals surface area contributed by atoms with Crippen molar-refractivity contribution in [1.82, 2.24) is 35.0 Å². The van der Waals surface area contributed by atoms with Gasteiger partial charge in [0.15, 0.2) is 6.04 Å². The minimum absolute atomic E-state index is 0.0229. The first kappa shape index (κ1) is 33.5. The van der Waals surface area contributed by atoms with Gasteiger partial charge in [-0.05, 0) is 86.2 Å². The zero-order chi connectivity index (χ0) is 33.9. The number of imidazole rings is 1. The van der Waals surface area contributed by atoms with Crippen LogP contribution in [0.5, 0.6) is 0 Å². The molecule has 3 amide bonds. The summed E-state index contributed by atoms with van der Waals surface area (Å²) in [5, 5.41) is 7.59. The number of para-hydroxylation sites is 1. The molecular weight excluding hydrogens is 614 g/mol. The van der Waals surface area contributed by atoms with Crippen LogP contribution in [0.15, 0.2) is 53.5 Å².